The Morgan fingerprint density at radius 2 is 1.88 bits per heavy atom. The van der Waals surface area contributed by atoms with Crippen LogP contribution in [0.15, 0.2) is 47.4 Å². The highest BCUT2D eigenvalue weighted by Gasteiger charge is 2.17. The molecule has 1 heterocycles. The van der Waals surface area contributed by atoms with Gasteiger partial charge in [0.05, 0.1) is 4.90 Å². The molecular formula is C15H13N3O5S2. The Morgan fingerprint density at radius 1 is 1.12 bits per heavy atom. The molecule has 0 unspecified atom stereocenters. The van der Waals surface area contributed by atoms with Gasteiger partial charge in [-0.25, -0.2) is 13.6 Å². The van der Waals surface area contributed by atoms with Crippen molar-refractivity contribution < 1.29 is 22.7 Å². The standard InChI is InChI=1S/C15H13N3O5S2/c16-25(20,21)11-3-1-2-10(7-11)17-15(24)18-14(19)9-4-5-12-13(6-9)23-8-22-12/h1-7H,8H2,(H2,16,20,21)(H2,17,18,19,24). The molecule has 4 N–H and O–H groups in total. The maximum Gasteiger partial charge on any atom is 0.257 e. The Labute approximate surface area is 149 Å². The van der Waals surface area contributed by atoms with E-state index in [1.54, 1.807) is 24.3 Å². The van der Waals surface area contributed by atoms with E-state index >= 15 is 0 Å². The van der Waals surface area contributed by atoms with Crippen molar-refractivity contribution >= 4 is 38.9 Å². The van der Waals surface area contributed by atoms with Crippen molar-refractivity contribution in [2.24, 2.45) is 5.14 Å². The van der Waals surface area contributed by atoms with E-state index in [9.17, 15) is 13.2 Å². The van der Waals surface area contributed by atoms with Crippen LogP contribution in [-0.2, 0) is 10.0 Å². The van der Waals surface area contributed by atoms with Gasteiger partial charge in [-0.1, -0.05) is 6.07 Å². The molecule has 0 radical (unpaired) electrons. The zero-order chi connectivity index (χ0) is 18.0. The first-order chi connectivity index (χ1) is 11.8. The minimum absolute atomic E-state index is 0.00855. The number of ether oxygens (including phenoxy) is 2. The number of carbonyl (C=O) groups excluding carboxylic acids is 1. The van der Waals surface area contributed by atoms with Gasteiger partial charge in [0, 0.05) is 11.3 Å². The number of benzene rings is 2. The van der Waals surface area contributed by atoms with E-state index in [1.807, 2.05) is 0 Å². The number of thiocarbonyl (C=S) groups is 1. The fraction of sp³-hybridized carbons (Fsp3) is 0.0667. The normalized spacial score (nSPS) is 12.5. The zero-order valence-electron chi connectivity index (χ0n) is 12.7. The molecule has 0 saturated heterocycles. The summed E-state index contributed by atoms with van der Waals surface area (Å²) in [5.74, 6) is 0.600. The summed E-state index contributed by atoms with van der Waals surface area (Å²) in [6.45, 7) is 0.112. The Bertz CT molecular complexity index is 959. The lowest BCUT2D eigenvalue weighted by Crippen LogP contribution is -2.34. The molecule has 130 valence electrons. The van der Waals surface area contributed by atoms with E-state index in [2.05, 4.69) is 10.6 Å². The first-order valence-electron chi connectivity index (χ1n) is 6.98. The van der Waals surface area contributed by atoms with Crippen LogP contribution in [0.5, 0.6) is 11.5 Å². The number of nitrogens with two attached hydrogens (primary N) is 1. The summed E-state index contributed by atoms with van der Waals surface area (Å²) in [6.07, 6.45) is 0. The Balaban J connectivity index is 1.67. The molecule has 8 nitrogen and oxygen atoms in total. The van der Waals surface area contributed by atoms with Crippen molar-refractivity contribution in [2.75, 3.05) is 12.1 Å². The third-order valence-electron chi connectivity index (χ3n) is 3.28. The number of anilines is 1. The SMILES string of the molecule is NS(=O)(=O)c1cccc(NC(=S)NC(=O)c2ccc3c(c2)OCO3)c1. The number of fused-ring (bicyclic) bond motifs is 1. The molecular weight excluding hydrogens is 366 g/mol. The van der Waals surface area contributed by atoms with E-state index in [0.717, 1.165) is 0 Å². The number of sulfonamides is 1. The second-order valence-corrected chi connectivity index (χ2v) is 7.02. The number of nitrogens with one attached hydrogen (secondary N) is 2. The van der Waals surface area contributed by atoms with E-state index in [-0.39, 0.29) is 16.8 Å². The zero-order valence-corrected chi connectivity index (χ0v) is 14.3. The Morgan fingerprint density at radius 3 is 2.64 bits per heavy atom. The van der Waals surface area contributed by atoms with Crippen LogP contribution in [0.4, 0.5) is 5.69 Å². The molecule has 0 aliphatic carbocycles. The number of hydrogen-bond acceptors (Lipinski definition) is 6. The molecule has 3 rings (SSSR count). The molecule has 0 fully saturated rings. The highest BCUT2D eigenvalue weighted by atomic mass is 32.2. The quantitative estimate of drug-likeness (QED) is 0.685. The molecule has 0 atom stereocenters. The average molecular weight is 379 g/mol. The summed E-state index contributed by atoms with van der Waals surface area (Å²) in [5.41, 5.74) is 0.717. The lowest BCUT2D eigenvalue weighted by Gasteiger charge is -2.10. The Kier molecular flexibility index (Phi) is 4.57. The lowest BCUT2D eigenvalue weighted by atomic mass is 10.2. The maximum absolute atomic E-state index is 12.2. The van der Waals surface area contributed by atoms with E-state index in [4.69, 9.17) is 26.8 Å². The summed E-state index contributed by atoms with van der Waals surface area (Å²) < 4.78 is 33.1. The van der Waals surface area contributed by atoms with Gasteiger partial charge in [-0.2, -0.15) is 0 Å². The third-order valence-corrected chi connectivity index (χ3v) is 4.40. The second kappa shape index (κ2) is 6.67. The van der Waals surface area contributed by atoms with Crippen LogP contribution >= 0.6 is 12.2 Å². The number of hydrogen-bond donors (Lipinski definition) is 3. The van der Waals surface area contributed by atoms with Crippen molar-refractivity contribution in [1.29, 1.82) is 0 Å². The van der Waals surface area contributed by atoms with Gasteiger partial charge in [0.15, 0.2) is 16.6 Å². The minimum Gasteiger partial charge on any atom is -0.454 e. The molecule has 1 aliphatic rings. The van der Waals surface area contributed by atoms with E-state index in [1.165, 1.54) is 18.2 Å². The van der Waals surface area contributed by atoms with Gasteiger partial charge >= 0.3 is 0 Å². The predicted octanol–water partition coefficient (Wildman–Crippen LogP) is 1.19. The summed E-state index contributed by atoms with van der Waals surface area (Å²) in [7, 11) is -3.83. The van der Waals surface area contributed by atoms with Crippen molar-refractivity contribution in [1.82, 2.24) is 5.32 Å². The molecule has 25 heavy (non-hydrogen) atoms. The van der Waals surface area contributed by atoms with Crippen LogP contribution < -0.4 is 25.2 Å². The number of carbonyl (C=O) groups is 1. The van der Waals surface area contributed by atoms with Crippen LogP contribution in [-0.4, -0.2) is 26.2 Å². The largest absolute Gasteiger partial charge is 0.454 e. The number of rotatable bonds is 3. The smallest absolute Gasteiger partial charge is 0.257 e. The highest BCUT2D eigenvalue weighted by Crippen LogP contribution is 2.32. The molecule has 1 amide bonds. The number of primary sulfonamides is 1. The minimum atomic E-state index is -3.83. The van der Waals surface area contributed by atoms with Gasteiger partial charge in [-0.3, -0.25) is 10.1 Å². The molecule has 1 aliphatic heterocycles. The van der Waals surface area contributed by atoms with Gasteiger partial charge in [0.25, 0.3) is 5.91 Å². The average Bonchev–Trinajstić information content (AvgIpc) is 3.01. The molecule has 2 aromatic rings. The van der Waals surface area contributed by atoms with E-state index in [0.29, 0.717) is 22.7 Å². The first-order valence-corrected chi connectivity index (χ1v) is 8.93. The molecule has 2 aromatic carbocycles. The van der Waals surface area contributed by atoms with Crippen LogP contribution in [0, 0.1) is 0 Å². The summed E-state index contributed by atoms with van der Waals surface area (Å²) >= 11 is 5.07. The highest BCUT2D eigenvalue weighted by molar-refractivity contribution is 7.89. The molecule has 0 bridgehead atoms. The first kappa shape index (κ1) is 17.1. The number of amides is 1. The lowest BCUT2D eigenvalue weighted by molar-refractivity contribution is 0.0977. The topological polar surface area (TPSA) is 120 Å². The van der Waals surface area contributed by atoms with Crippen molar-refractivity contribution in [2.45, 2.75) is 4.90 Å². The van der Waals surface area contributed by atoms with Crippen LogP contribution in [0.25, 0.3) is 0 Å². The fourth-order valence-electron chi connectivity index (χ4n) is 2.13. The summed E-state index contributed by atoms with van der Waals surface area (Å²) in [5, 5.41) is 10.3. The van der Waals surface area contributed by atoms with Gasteiger partial charge in [0.1, 0.15) is 0 Å². The predicted molar refractivity (Wildman–Crippen MR) is 94.1 cm³/mol. The van der Waals surface area contributed by atoms with Crippen molar-refractivity contribution in [3.8, 4) is 11.5 Å². The van der Waals surface area contributed by atoms with Crippen molar-refractivity contribution in [3.63, 3.8) is 0 Å². The van der Waals surface area contributed by atoms with Gasteiger partial charge in [-0.05, 0) is 48.6 Å². The summed E-state index contributed by atoms with van der Waals surface area (Å²) in [4.78, 5) is 12.2. The fourth-order valence-corrected chi connectivity index (χ4v) is 2.90. The maximum atomic E-state index is 12.2. The second-order valence-electron chi connectivity index (χ2n) is 5.05. The van der Waals surface area contributed by atoms with E-state index < -0.39 is 15.9 Å². The van der Waals surface area contributed by atoms with Crippen LogP contribution in [0.2, 0.25) is 0 Å². The summed E-state index contributed by atoms with van der Waals surface area (Å²) in [6, 6.07) is 10.5. The monoisotopic (exact) mass is 379 g/mol. The molecule has 0 aromatic heterocycles. The van der Waals surface area contributed by atoms with Crippen LogP contribution in [0.3, 0.4) is 0 Å². The van der Waals surface area contributed by atoms with Crippen LogP contribution in [0.1, 0.15) is 10.4 Å². The van der Waals surface area contributed by atoms with Gasteiger partial charge in [-0.15, -0.1) is 0 Å². The molecule has 10 heteroatoms. The Hall–Kier alpha value is -2.69. The molecule has 0 saturated carbocycles. The van der Waals surface area contributed by atoms with Crippen molar-refractivity contribution in [3.05, 3.63) is 48.0 Å². The third kappa shape index (κ3) is 4.05. The van der Waals surface area contributed by atoms with Gasteiger partial charge < -0.3 is 14.8 Å². The van der Waals surface area contributed by atoms with Gasteiger partial charge in [0.2, 0.25) is 16.8 Å². The molecule has 0 spiro atoms.